The smallest absolute Gasteiger partial charge is 0.152 e. The average molecular weight is 259 g/mol. The Morgan fingerprint density at radius 2 is 2.26 bits per heavy atom. The van der Waals surface area contributed by atoms with Crippen LogP contribution in [-0.2, 0) is 0 Å². The Kier molecular flexibility index (Phi) is 2.93. The van der Waals surface area contributed by atoms with Crippen LogP contribution < -0.4 is 11.1 Å². The molecule has 19 heavy (non-hydrogen) atoms. The highest BCUT2D eigenvalue weighted by molar-refractivity contribution is 5.68. The monoisotopic (exact) mass is 259 g/mol. The van der Waals surface area contributed by atoms with Gasteiger partial charge in [-0.15, -0.1) is 0 Å². The van der Waals surface area contributed by atoms with E-state index in [4.69, 9.17) is 5.73 Å². The molecule has 1 aliphatic carbocycles. The first-order valence-corrected chi connectivity index (χ1v) is 6.92. The number of rotatable bonds is 5. The van der Waals surface area contributed by atoms with Crippen molar-refractivity contribution in [2.45, 2.75) is 32.6 Å². The third kappa shape index (κ3) is 2.30. The van der Waals surface area contributed by atoms with Crippen molar-refractivity contribution in [2.24, 2.45) is 11.1 Å². The minimum Gasteiger partial charge on any atom is -0.368 e. The molecule has 0 atom stereocenters. The van der Waals surface area contributed by atoms with Crippen LogP contribution in [0.5, 0.6) is 0 Å². The van der Waals surface area contributed by atoms with Crippen molar-refractivity contribution in [3.8, 4) is 0 Å². The molecule has 0 bridgehead atoms. The highest BCUT2D eigenvalue weighted by atomic mass is 15.2. The van der Waals surface area contributed by atoms with E-state index in [0.29, 0.717) is 11.3 Å². The Hall–Kier alpha value is -1.62. The number of anilines is 1. The second-order valence-electron chi connectivity index (χ2n) is 5.89. The predicted molar refractivity (Wildman–Crippen MR) is 76.3 cm³/mol. The lowest BCUT2D eigenvalue weighted by Gasteiger charge is -2.14. The van der Waals surface area contributed by atoms with Gasteiger partial charge < -0.3 is 11.1 Å². The highest BCUT2D eigenvalue weighted by Crippen LogP contribution is 2.44. The van der Waals surface area contributed by atoms with E-state index in [0.717, 1.165) is 30.1 Å². The minimum atomic E-state index is 0.301. The molecule has 3 N–H and O–H groups in total. The summed E-state index contributed by atoms with van der Waals surface area (Å²) in [6, 6.07) is 2.11. The largest absolute Gasteiger partial charge is 0.368 e. The molecule has 0 radical (unpaired) electrons. The fourth-order valence-corrected chi connectivity index (χ4v) is 2.26. The van der Waals surface area contributed by atoms with E-state index in [-0.39, 0.29) is 0 Å². The summed E-state index contributed by atoms with van der Waals surface area (Å²) in [5.74, 6) is 1.33. The normalized spacial score (nSPS) is 17.1. The first kappa shape index (κ1) is 12.4. The number of hydrogen-bond acceptors (Lipinski definition) is 4. The van der Waals surface area contributed by atoms with Crippen molar-refractivity contribution in [3.63, 3.8) is 0 Å². The molecule has 0 aromatic carbocycles. The Morgan fingerprint density at radius 3 is 2.89 bits per heavy atom. The van der Waals surface area contributed by atoms with Gasteiger partial charge >= 0.3 is 0 Å². The zero-order chi connectivity index (χ0) is 13.5. The number of hydrogen-bond donors (Lipinski definition) is 2. The van der Waals surface area contributed by atoms with Crippen LogP contribution in [-0.4, -0.2) is 27.7 Å². The van der Waals surface area contributed by atoms with E-state index in [1.807, 2.05) is 10.7 Å². The molecule has 102 valence electrons. The molecule has 0 unspecified atom stereocenters. The van der Waals surface area contributed by atoms with E-state index in [1.165, 1.54) is 12.8 Å². The Balaban J connectivity index is 1.86. The van der Waals surface area contributed by atoms with Gasteiger partial charge in [0, 0.05) is 18.9 Å². The van der Waals surface area contributed by atoms with Gasteiger partial charge in [-0.2, -0.15) is 5.10 Å². The van der Waals surface area contributed by atoms with Crippen LogP contribution in [0.15, 0.2) is 18.5 Å². The lowest BCUT2D eigenvalue weighted by molar-refractivity contribution is 0.555. The van der Waals surface area contributed by atoms with Gasteiger partial charge in [-0.05, 0) is 36.8 Å². The predicted octanol–water partition coefficient (Wildman–Crippen LogP) is 2.00. The Bertz CT molecular complexity index is 583. The van der Waals surface area contributed by atoms with Gasteiger partial charge in [-0.3, -0.25) is 0 Å². The molecule has 1 fully saturated rings. The van der Waals surface area contributed by atoms with E-state index in [2.05, 4.69) is 35.3 Å². The summed E-state index contributed by atoms with van der Waals surface area (Å²) < 4.78 is 1.90. The standard InChI is InChI=1S/C14H21N5/c1-10(2)11-7-12-13(16-5-6-19(12)18-11)17-9-14(8-15)3-4-14/h5-7,10H,3-4,8-9,15H2,1-2H3,(H,16,17). The molecule has 0 aliphatic heterocycles. The van der Waals surface area contributed by atoms with Crippen molar-refractivity contribution >= 4 is 11.3 Å². The zero-order valence-corrected chi connectivity index (χ0v) is 11.6. The van der Waals surface area contributed by atoms with Crippen LogP contribution in [0.2, 0.25) is 0 Å². The molecule has 2 aromatic rings. The molecule has 3 rings (SSSR count). The van der Waals surface area contributed by atoms with Crippen LogP contribution in [0.3, 0.4) is 0 Å². The summed E-state index contributed by atoms with van der Waals surface area (Å²) >= 11 is 0. The summed E-state index contributed by atoms with van der Waals surface area (Å²) in [4.78, 5) is 4.43. The second-order valence-corrected chi connectivity index (χ2v) is 5.89. The quantitative estimate of drug-likeness (QED) is 0.861. The van der Waals surface area contributed by atoms with Crippen molar-refractivity contribution in [1.82, 2.24) is 14.6 Å². The Labute approximate surface area is 113 Å². The summed E-state index contributed by atoms with van der Waals surface area (Å²) in [5.41, 5.74) is 8.25. The molecule has 5 heteroatoms. The summed E-state index contributed by atoms with van der Waals surface area (Å²) in [7, 11) is 0. The topological polar surface area (TPSA) is 68.2 Å². The summed E-state index contributed by atoms with van der Waals surface area (Å²) in [6.45, 7) is 5.95. The van der Waals surface area contributed by atoms with Crippen molar-refractivity contribution in [3.05, 3.63) is 24.2 Å². The first-order chi connectivity index (χ1) is 9.13. The van der Waals surface area contributed by atoms with Gasteiger partial charge in [0.15, 0.2) is 5.82 Å². The SMILES string of the molecule is CC(C)c1cc2c(NCC3(CN)CC3)nccn2n1. The molecule has 1 aliphatic rings. The minimum absolute atomic E-state index is 0.301. The molecule has 2 heterocycles. The van der Waals surface area contributed by atoms with Crippen LogP contribution in [0.4, 0.5) is 5.82 Å². The number of nitrogens with one attached hydrogen (secondary N) is 1. The van der Waals surface area contributed by atoms with Crippen molar-refractivity contribution in [1.29, 1.82) is 0 Å². The average Bonchev–Trinajstić information content (AvgIpc) is 3.05. The van der Waals surface area contributed by atoms with Gasteiger partial charge in [0.1, 0.15) is 5.52 Å². The zero-order valence-electron chi connectivity index (χ0n) is 11.6. The molecule has 0 amide bonds. The van der Waals surface area contributed by atoms with E-state index in [1.54, 1.807) is 6.20 Å². The summed E-state index contributed by atoms with van der Waals surface area (Å²) in [5, 5.41) is 8.01. The molecular weight excluding hydrogens is 238 g/mol. The second kappa shape index (κ2) is 4.49. The Morgan fingerprint density at radius 1 is 1.47 bits per heavy atom. The molecule has 0 saturated heterocycles. The first-order valence-electron chi connectivity index (χ1n) is 6.92. The number of fused-ring (bicyclic) bond motifs is 1. The van der Waals surface area contributed by atoms with Crippen LogP contribution in [0.25, 0.3) is 5.52 Å². The maximum absolute atomic E-state index is 5.81. The maximum Gasteiger partial charge on any atom is 0.152 e. The highest BCUT2D eigenvalue weighted by Gasteiger charge is 2.40. The van der Waals surface area contributed by atoms with E-state index < -0.39 is 0 Å². The van der Waals surface area contributed by atoms with Gasteiger partial charge in [-0.1, -0.05) is 13.8 Å². The molecular formula is C14H21N5. The van der Waals surface area contributed by atoms with E-state index in [9.17, 15) is 0 Å². The van der Waals surface area contributed by atoms with Crippen molar-refractivity contribution < 1.29 is 0 Å². The molecule has 1 saturated carbocycles. The van der Waals surface area contributed by atoms with Crippen LogP contribution in [0, 0.1) is 5.41 Å². The lowest BCUT2D eigenvalue weighted by atomic mass is 10.1. The third-order valence-corrected chi connectivity index (χ3v) is 4.02. The number of nitrogens with zero attached hydrogens (tertiary/aromatic N) is 3. The molecule has 2 aromatic heterocycles. The van der Waals surface area contributed by atoms with Gasteiger partial charge in [0.05, 0.1) is 5.69 Å². The molecule has 0 spiro atoms. The number of nitrogens with two attached hydrogens (primary N) is 1. The van der Waals surface area contributed by atoms with Crippen LogP contribution >= 0.6 is 0 Å². The fraction of sp³-hybridized carbons (Fsp3) is 0.571. The maximum atomic E-state index is 5.81. The number of aromatic nitrogens is 3. The van der Waals surface area contributed by atoms with Crippen molar-refractivity contribution in [2.75, 3.05) is 18.4 Å². The lowest BCUT2D eigenvalue weighted by Crippen LogP contribution is -2.24. The summed E-state index contributed by atoms with van der Waals surface area (Å²) in [6.07, 6.45) is 6.11. The fourth-order valence-electron chi connectivity index (χ4n) is 2.26. The van der Waals surface area contributed by atoms with Gasteiger partial charge in [-0.25, -0.2) is 9.50 Å². The van der Waals surface area contributed by atoms with Crippen LogP contribution in [0.1, 0.15) is 38.3 Å². The third-order valence-electron chi connectivity index (χ3n) is 4.02. The van der Waals surface area contributed by atoms with Gasteiger partial charge in [0.2, 0.25) is 0 Å². The molecule has 5 nitrogen and oxygen atoms in total. The van der Waals surface area contributed by atoms with E-state index >= 15 is 0 Å². The van der Waals surface area contributed by atoms with Gasteiger partial charge in [0.25, 0.3) is 0 Å².